The van der Waals surface area contributed by atoms with Gasteiger partial charge in [0.05, 0.1) is 0 Å². The van der Waals surface area contributed by atoms with Gasteiger partial charge in [0.25, 0.3) is 0 Å². The fourth-order valence-electron chi connectivity index (χ4n) is 1.82. The lowest BCUT2D eigenvalue weighted by Crippen LogP contribution is -2.42. The molecular weight excluding hydrogens is 204 g/mol. The van der Waals surface area contributed by atoms with E-state index in [4.69, 9.17) is 4.74 Å². The van der Waals surface area contributed by atoms with Crippen LogP contribution in [0.15, 0.2) is 0 Å². The number of hydrogen-bond acceptors (Lipinski definition) is 2. The highest BCUT2D eigenvalue weighted by atomic mass is 16.5. The summed E-state index contributed by atoms with van der Waals surface area (Å²) in [5.41, 5.74) is -0.931. The monoisotopic (exact) mass is 230 g/mol. The lowest BCUT2D eigenvalue weighted by Gasteiger charge is -2.29. The molecule has 0 rings (SSSR count). The lowest BCUT2D eigenvalue weighted by molar-refractivity contribution is -0.169. The molecule has 16 heavy (non-hydrogen) atoms. The van der Waals surface area contributed by atoms with Crippen molar-refractivity contribution in [1.29, 1.82) is 0 Å². The third-order valence-corrected chi connectivity index (χ3v) is 2.85. The van der Waals surface area contributed by atoms with E-state index >= 15 is 0 Å². The molecule has 96 valence electrons. The summed E-state index contributed by atoms with van der Waals surface area (Å²) in [4.78, 5) is 11.4. The third-order valence-electron chi connectivity index (χ3n) is 2.85. The van der Waals surface area contributed by atoms with E-state index in [2.05, 4.69) is 13.8 Å². The zero-order valence-corrected chi connectivity index (χ0v) is 10.9. The van der Waals surface area contributed by atoms with Gasteiger partial charge in [0, 0.05) is 6.61 Å². The Kier molecular flexibility index (Phi) is 8.26. The molecule has 0 aliphatic heterocycles. The van der Waals surface area contributed by atoms with E-state index < -0.39 is 11.6 Å². The van der Waals surface area contributed by atoms with Crippen LogP contribution >= 0.6 is 0 Å². The van der Waals surface area contributed by atoms with Crippen LogP contribution in [0.1, 0.15) is 65.7 Å². The Bertz CT molecular complexity index is 192. The zero-order valence-electron chi connectivity index (χ0n) is 10.9. The predicted octanol–water partition coefficient (Wildman–Crippen LogP) is 3.62. The fourth-order valence-corrected chi connectivity index (χ4v) is 1.82. The van der Waals surface area contributed by atoms with Crippen molar-refractivity contribution in [2.75, 3.05) is 6.61 Å². The summed E-state index contributed by atoms with van der Waals surface area (Å²) in [7, 11) is 0. The van der Waals surface area contributed by atoms with E-state index in [1.807, 2.05) is 6.92 Å². The highest BCUT2D eigenvalue weighted by Crippen LogP contribution is 2.26. The molecule has 0 fully saturated rings. The minimum Gasteiger partial charge on any atom is -0.479 e. The SMILES string of the molecule is CCCCOC(CCC)(CCCC)C(=O)O. The van der Waals surface area contributed by atoms with Gasteiger partial charge in [0.1, 0.15) is 0 Å². The van der Waals surface area contributed by atoms with Crippen LogP contribution in [-0.2, 0) is 9.53 Å². The van der Waals surface area contributed by atoms with Gasteiger partial charge in [-0.3, -0.25) is 0 Å². The normalized spacial score (nSPS) is 14.7. The molecule has 0 radical (unpaired) electrons. The summed E-state index contributed by atoms with van der Waals surface area (Å²) in [6, 6.07) is 0. The smallest absolute Gasteiger partial charge is 0.335 e. The molecule has 0 aliphatic carbocycles. The average Bonchev–Trinajstić information content (AvgIpc) is 2.26. The average molecular weight is 230 g/mol. The Labute approximate surface area is 99.2 Å². The molecule has 1 atom stereocenters. The van der Waals surface area contributed by atoms with E-state index in [0.29, 0.717) is 19.4 Å². The van der Waals surface area contributed by atoms with Crippen molar-refractivity contribution in [1.82, 2.24) is 0 Å². The van der Waals surface area contributed by atoms with Crippen molar-refractivity contribution < 1.29 is 14.6 Å². The van der Waals surface area contributed by atoms with Gasteiger partial charge in [0.2, 0.25) is 0 Å². The van der Waals surface area contributed by atoms with Crippen LogP contribution in [-0.4, -0.2) is 23.3 Å². The maximum absolute atomic E-state index is 11.4. The standard InChI is InChI=1S/C13H26O3/c1-4-7-10-13(9-6-3,12(14)15)16-11-8-5-2/h4-11H2,1-3H3,(H,14,15). The van der Waals surface area contributed by atoms with Crippen molar-refractivity contribution in [3.05, 3.63) is 0 Å². The first kappa shape index (κ1) is 15.4. The Morgan fingerprint density at radius 3 is 2.12 bits per heavy atom. The summed E-state index contributed by atoms with van der Waals surface area (Å²) in [6.07, 6.45) is 6.00. The van der Waals surface area contributed by atoms with Gasteiger partial charge in [-0.05, 0) is 19.3 Å². The number of rotatable bonds is 10. The molecular formula is C13H26O3. The van der Waals surface area contributed by atoms with E-state index in [9.17, 15) is 9.90 Å². The molecule has 3 nitrogen and oxygen atoms in total. The largest absolute Gasteiger partial charge is 0.479 e. The van der Waals surface area contributed by atoms with Crippen molar-refractivity contribution in [2.45, 2.75) is 71.3 Å². The molecule has 0 saturated heterocycles. The maximum atomic E-state index is 11.4. The van der Waals surface area contributed by atoms with Crippen LogP contribution in [0.2, 0.25) is 0 Å². The first-order valence-electron chi connectivity index (χ1n) is 6.50. The lowest BCUT2D eigenvalue weighted by atomic mass is 9.91. The highest BCUT2D eigenvalue weighted by molar-refractivity contribution is 5.77. The maximum Gasteiger partial charge on any atom is 0.335 e. The van der Waals surface area contributed by atoms with Gasteiger partial charge in [-0.25, -0.2) is 4.79 Å². The quantitative estimate of drug-likeness (QED) is 0.583. The number of carboxylic acids is 1. The summed E-state index contributed by atoms with van der Waals surface area (Å²) < 4.78 is 5.67. The van der Waals surface area contributed by atoms with Crippen LogP contribution < -0.4 is 0 Å². The topological polar surface area (TPSA) is 46.5 Å². The van der Waals surface area contributed by atoms with E-state index in [-0.39, 0.29) is 0 Å². The van der Waals surface area contributed by atoms with Gasteiger partial charge in [0.15, 0.2) is 5.60 Å². The number of unbranched alkanes of at least 4 members (excludes halogenated alkanes) is 2. The van der Waals surface area contributed by atoms with Crippen molar-refractivity contribution >= 4 is 5.97 Å². The molecule has 0 aromatic rings. The summed E-state index contributed by atoms with van der Waals surface area (Å²) in [5.74, 6) is -0.793. The van der Waals surface area contributed by atoms with Gasteiger partial charge in [-0.2, -0.15) is 0 Å². The number of ether oxygens (including phenoxy) is 1. The summed E-state index contributed by atoms with van der Waals surface area (Å²) in [5, 5.41) is 9.36. The van der Waals surface area contributed by atoms with E-state index in [1.54, 1.807) is 0 Å². The van der Waals surface area contributed by atoms with Crippen LogP contribution in [0.3, 0.4) is 0 Å². The highest BCUT2D eigenvalue weighted by Gasteiger charge is 2.37. The molecule has 0 spiro atoms. The van der Waals surface area contributed by atoms with Gasteiger partial charge >= 0.3 is 5.97 Å². The molecule has 0 amide bonds. The zero-order chi connectivity index (χ0) is 12.4. The Morgan fingerprint density at radius 1 is 1.06 bits per heavy atom. The van der Waals surface area contributed by atoms with Crippen LogP contribution in [0.4, 0.5) is 0 Å². The molecule has 1 unspecified atom stereocenters. The second-order valence-corrected chi connectivity index (χ2v) is 4.36. The van der Waals surface area contributed by atoms with Crippen LogP contribution in [0.5, 0.6) is 0 Å². The first-order valence-corrected chi connectivity index (χ1v) is 6.50. The number of aliphatic carboxylic acids is 1. The number of carbonyl (C=O) groups is 1. The van der Waals surface area contributed by atoms with E-state index in [1.165, 1.54) is 0 Å². The van der Waals surface area contributed by atoms with Crippen LogP contribution in [0, 0.1) is 0 Å². The van der Waals surface area contributed by atoms with Crippen LogP contribution in [0.25, 0.3) is 0 Å². The van der Waals surface area contributed by atoms with Crippen molar-refractivity contribution in [3.63, 3.8) is 0 Å². The third kappa shape index (κ3) is 4.97. The second-order valence-electron chi connectivity index (χ2n) is 4.36. The summed E-state index contributed by atoms with van der Waals surface area (Å²) >= 11 is 0. The van der Waals surface area contributed by atoms with Gasteiger partial charge < -0.3 is 9.84 Å². The molecule has 0 aromatic heterocycles. The van der Waals surface area contributed by atoms with Gasteiger partial charge in [-0.1, -0.05) is 46.5 Å². The van der Waals surface area contributed by atoms with Crippen molar-refractivity contribution in [3.8, 4) is 0 Å². The molecule has 0 aliphatic rings. The predicted molar refractivity (Wildman–Crippen MR) is 65.7 cm³/mol. The Balaban J connectivity index is 4.44. The Hall–Kier alpha value is -0.570. The van der Waals surface area contributed by atoms with E-state index in [0.717, 1.165) is 32.1 Å². The molecule has 0 heterocycles. The number of carboxylic acid groups (broad SMARTS) is 1. The molecule has 0 bridgehead atoms. The molecule has 0 aromatic carbocycles. The fraction of sp³-hybridized carbons (Fsp3) is 0.923. The van der Waals surface area contributed by atoms with Gasteiger partial charge in [-0.15, -0.1) is 0 Å². The minimum atomic E-state index is -0.931. The molecule has 3 heteroatoms. The molecule has 1 N–H and O–H groups in total. The second kappa shape index (κ2) is 8.57. The van der Waals surface area contributed by atoms with Crippen molar-refractivity contribution in [2.24, 2.45) is 0 Å². The molecule has 0 saturated carbocycles. The summed E-state index contributed by atoms with van der Waals surface area (Å²) in [6.45, 7) is 6.72. The Morgan fingerprint density at radius 2 is 1.69 bits per heavy atom. The minimum absolute atomic E-state index is 0.562. The number of hydrogen-bond donors (Lipinski definition) is 1. The first-order chi connectivity index (χ1) is 7.63.